The molecule has 1 aromatic rings. The van der Waals surface area contributed by atoms with Crippen LogP contribution in [-0.2, 0) is 11.8 Å². The van der Waals surface area contributed by atoms with Crippen LogP contribution in [0.2, 0.25) is 0 Å². The minimum atomic E-state index is 0. The van der Waals surface area contributed by atoms with Crippen molar-refractivity contribution in [3.05, 3.63) is 18.0 Å². The zero-order valence-corrected chi connectivity index (χ0v) is 17.4. The summed E-state index contributed by atoms with van der Waals surface area (Å²) in [4.78, 5) is 6.86. The largest absolute Gasteiger partial charge is 0.383 e. The summed E-state index contributed by atoms with van der Waals surface area (Å²) in [7, 11) is 7.74. The molecule has 0 aliphatic heterocycles. The molecule has 1 aromatic heterocycles. The van der Waals surface area contributed by atoms with Gasteiger partial charge in [-0.15, -0.1) is 24.0 Å². The van der Waals surface area contributed by atoms with E-state index in [-0.39, 0.29) is 36.1 Å². The van der Waals surface area contributed by atoms with Crippen LogP contribution in [0.15, 0.2) is 17.4 Å². The third kappa shape index (κ3) is 7.98. The fourth-order valence-electron chi connectivity index (χ4n) is 2.20. The van der Waals surface area contributed by atoms with Crippen molar-refractivity contribution < 1.29 is 4.74 Å². The second-order valence-electron chi connectivity index (χ2n) is 5.65. The van der Waals surface area contributed by atoms with E-state index in [1.165, 1.54) is 0 Å². The van der Waals surface area contributed by atoms with E-state index >= 15 is 0 Å². The van der Waals surface area contributed by atoms with Crippen LogP contribution in [0, 0.1) is 0 Å². The summed E-state index contributed by atoms with van der Waals surface area (Å²) in [6.07, 6.45) is 3.93. The molecule has 8 heteroatoms. The number of aromatic nitrogens is 2. The van der Waals surface area contributed by atoms with Crippen molar-refractivity contribution in [3.8, 4) is 0 Å². The fourth-order valence-corrected chi connectivity index (χ4v) is 2.20. The summed E-state index contributed by atoms with van der Waals surface area (Å²) in [6, 6.07) is 0.404. The maximum Gasteiger partial charge on any atom is 0.191 e. The van der Waals surface area contributed by atoms with Gasteiger partial charge in [0.1, 0.15) is 0 Å². The van der Waals surface area contributed by atoms with Crippen LogP contribution >= 0.6 is 24.0 Å². The molecule has 0 fully saturated rings. The molecule has 0 radical (unpaired) electrons. The van der Waals surface area contributed by atoms with Crippen molar-refractivity contribution in [1.29, 1.82) is 0 Å². The molecule has 0 aliphatic carbocycles. The molecule has 7 nitrogen and oxygen atoms in total. The van der Waals surface area contributed by atoms with Crippen molar-refractivity contribution in [2.75, 3.05) is 40.9 Å². The Bertz CT molecular complexity index is 463. The van der Waals surface area contributed by atoms with Crippen LogP contribution < -0.4 is 10.6 Å². The lowest BCUT2D eigenvalue weighted by atomic mass is 10.1. The summed E-state index contributed by atoms with van der Waals surface area (Å²) < 4.78 is 6.97. The van der Waals surface area contributed by atoms with E-state index in [1.54, 1.807) is 7.11 Å². The average Bonchev–Trinajstić information content (AvgIpc) is 2.85. The van der Waals surface area contributed by atoms with E-state index in [2.05, 4.69) is 48.6 Å². The van der Waals surface area contributed by atoms with Gasteiger partial charge in [0.25, 0.3) is 0 Å². The second-order valence-corrected chi connectivity index (χ2v) is 5.65. The number of nitrogens with zero attached hydrogens (tertiary/aromatic N) is 4. The first-order valence-electron chi connectivity index (χ1n) is 7.66. The number of nitrogens with one attached hydrogen (secondary N) is 2. The quantitative estimate of drug-likeness (QED) is 0.363. The molecule has 23 heavy (non-hydrogen) atoms. The number of guanidine groups is 1. The molecule has 0 saturated carbocycles. The minimum Gasteiger partial charge on any atom is -0.383 e. The van der Waals surface area contributed by atoms with Crippen LogP contribution in [0.25, 0.3) is 0 Å². The van der Waals surface area contributed by atoms with Gasteiger partial charge in [0, 0.05) is 38.5 Å². The topological polar surface area (TPSA) is 66.7 Å². The van der Waals surface area contributed by atoms with E-state index in [1.807, 2.05) is 24.1 Å². The van der Waals surface area contributed by atoms with E-state index in [0.717, 1.165) is 18.1 Å². The van der Waals surface area contributed by atoms with E-state index in [9.17, 15) is 0 Å². The first kappa shape index (κ1) is 22.1. The number of methoxy groups -OCH3 is 1. The number of hydrogen-bond donors (Lipinski definition) is 2. The molecular formula is C15H31IN6O. The van der Waals surface area contributed by atoms with E-state index < -0.39 is 0 Å². The number of likely N-dealkylation sites (N-methyl/N-ethyl adjacent to an activating group) is 1. The Kier molecular flexibility index (Phi) is 11.2. The monoisotopic (exact) mass is 438 g/mol. The van der Waals surface area contributed by atoms with Gasteiger partial charge in [-0.25, -0.2) is 0 Å². The molecule has 2 atom stereocenters. The van der Waals surface area contributed by atoms with Crippen molar-refractivity contribution in [1.82, 2.24) is 25.3 Å². The lowest BCUT2D eigenvalue weighted by Crippen LogP contribution is -2.44. The number of aryl methyl sites for hydroxylation is 1. The van der Waals surface area contributed by atoms with Gasteiger partial charge < -0.3 is 20.3 Å². The zero-order valence-electron chi connectivity index (χ0n) is 15.0. The zero-order chi connectivity index (χ0) is 16.5. The van der Waals surface area contributed by atoms with Crippen molar-refractivity contribution in [2.24, 2.45) is 12.0 Å². The SMILES string of the molecule is CCNC(=NCC(c1cnn(C)c1)N(C)C)NC(C)COC.I. The number of aliphatic imine (C=N–C) groups is 1. The molecule has 2 unspecified atom stereocenters. The highest BCUT2D eigenvalue weighted by atomic mass is 127. The van der Waals surface area contributed by atoms with Gasteiger partial charge in [0.05, 0.1) is 25.4 Å². The number of hydrogen-bond acceptors (Lipinski definition) is 4. The Morgan fingerprint density at radius 3 is 2.65 bits per heavy atom. The highest BCUT2D eigenvalue weighted by Gasteiger charge is 2.16. The number of halogens is 1. The Morgan fingerprint density at radius 2 is 2.17 bits per heavy atom. The van der Waals surface area contributed by atoms with Crippen molar-refractivity contribution in [3.63, 3.8) is 0 Å². The van der Waals surface area contributed by atoms with Gasteiger partial charge in [-0.2, -0.15) is 5.10 Å². The predicted octanol–water partition coefficient (Wildman–Crippen LogP) is 1.23. The standard InChI is InChI=1S/C15H30N6O.HI/c1-7-16-15(19-12(2)11-22-6)17-9-14(20(3)4)13-8-18-21(5)10-13;/h8,10,12,14H,7,9,11H2,1-6H3,(H2,16,17,19);1H. The third-order valence-corrected chi connectivity index (χ3v) is 3.30. The lowest BCUT2D eigenvalue weighted by Gasteiger charge is -2.23. The van der Waals surface area contributed by atoms with Crippen molar-refractivity contribution >= 4 is 29.9 Å². The summed E-state index contributed by atoms with van der Waals surface area (Å²) >= 11 is 0. The molecule has 0 aliphatic rings. The molecule has 0 spiro atoms. The Balaban J connectivity index is 0.00000484. The Morgan fingerprint density at radius 1 is 1.48 bits per heavy atom. The predicted molar refractivity (Wildman–Crippen MR) is 106 cm³/mol. The molecular weight excluding hydrogens is 407 g/mol. The first-order valence-corrected chi connectivity index (χ1v) is 7.66. The lowest BCUT2D eigenvalue weighted by molar-refractivity contribution is 0.179. The second kappa shape index (κ2) is 11.6. The van der Waals surface area contributed by atoms with Gasteiger partial charge in [-0.3, -0.25) is 9.67 Å². The van der Waals surface area contributed by atoms with Crippen molar-refractivity contribution in [2.45, 2.75) is 25.9 Å². The highest BCUT2D eigenvalue weighted by Crippen LogP contribution is 2.17. The van der Waals surface area contributed by atoms with Gasteiger partial charge in [0.15, 0.2) is 5.96 Å². The molecule has 0 bridgehead atoms. The molecule has 1 rings (SSSR count). The van der Waals surface area contributed by atoms with E-state index in [4.69, 9.17) is 9.73 Å². The fraction of sp³-hybridized carbons (Fsp3) is 0.733. The van der Waals surface area contributed by atoms with Gasteiger partial charge >= 0.3 is 0 Å². The van der Waals surface area contributed by atoms with Crippen LogP contribution in [0.1, 0.15) is 25.5 Å². The number of rotatable bonds is 8. The molecule has 134 valence electrons. The average molecular weight is 438 g/mol. The van der Waals surface area contributed by atoms with Crippen LogP contribution in [-0.4, -0.2) is 67.6 Å². The van der Waals surface area contributed by atoms with E-state index in [0.29, 0.717) is 13.2 Å². The molecule has 1 heterocycles. The van der Waals surface area contributed by atoms with Crippen LogP contribution in [0.4, 0.5) is 0 Å². The maximum atomic E-state index is 5.15. The minimum absolute atomic E-state index is 0. The van der Waals surface area contributed by atoms with Gasteiger partial charge in [0.2, 0.25) is 0 Å². The maximum absolute atomic E-state index is 5.15. The molecule has 0 aromatic carbocycles. The summed E-state index contributed by atoms with van der Waals surface area (Å²) in [6.45, 7) is 6.26. The molecule has 0 saturated heterocycles. The molecule has 0 amide bonds. The summed E-state index contributed by atoms with van der Waals surface area (Å²) in [5.74, 6) is 0.808. The van der Waals surface area contributed by atoms with Crippen LogP contribution in [0.3, 0.4) is 0 Å². The Labute approximate surface area is 156 Å². The van der Waals surface area contributed by atoms with Gasteiger partial charge in [-0.05, 0) is 27.9 Å². The summed E-state index contributed by atoms with van der Waals surface area (Å²) in [5, 5.41) is 10.9. The number of ether oxygens (including phenoxy) is 1. The molecule has 2 N–H and O–H groups in total. The van der Waals surface area contributed by atoms with Crippen LogP contribution in [0.5, 0.6) is 0 Å². The smallest absolute Gasteiger partial charge is 0.191 e. The van der Waals surface area contributed by atoms with Gasteiger partial charge in [-0.1, -0.05) is 0 Å². The highest BCUT2D eigenvalue weighted by molar-refractivity contribution is 14.0. The summed E-state index contributed by atoms with van der Waals surface area (Å²) in [5.41, 5.74) is 1.16. The third-order valence-electron chi connectivity index (χ3n) is 3.30. The first-order chi connectivity index (χ1) is 10.5. The normalized spacial score (nSPS) is 14.3. The Hall–Kier alpha value is -0.870.